The summed E-state index contributed by atoms with van der Waals surface area (Å²) in [6.07, 6.45) is 2.98. The Balaban J connectivity index is 2.08. The first-order valence-electron chi connectivity index (χ1n) is 6.63. The number of aryl methyl sites for hydroxylation is 2. The molecule has 1 heterocycles. The summed E-state index contributed by atoms with van der Waals surface area (Å²) in [5.41, 5.74) is 2.99. The Morgan fingerprint density at radius 2 is 2.10 bits per heavy atom. The van der Waals surface area contributed by atoms with E-state index < -0.39 is 0 Å². The number of amides is 1. The second kappa shape index (κ2) is 6.53. The number of pyridine rings is 1. The Morgan fingerprint density at radius 3 is 2.80 bits per heavy atom. The van der Waals surface area contributed by atoms with Gasteiger partial charge in [0.1, 0.15) is 0 Å². The molecule has 0 aliphatic rings. The summed E-state index contributed by atoms with van der Waals surface area (Å²) in [4.78, 5) is 12.1. The van der Waals surface area contributed by atoms with Crippen molar-refractivity contribution in [2.75, 3.05) is 5.32 Å². The zero-order chi connectivity index (χ0) is 14.5. The molecule has 2 aromatic rings. The minimum atomic E-state index is -0.0615. The second-order valence-corrected chi connectivity index (χ2v) is 5.16. The largest absolute Gasteiger partial charge is 0.321 e. The summed E-state index contributed by atoms with van der Waals surface area (Å²) in [5.74, 6) is -0.0615. The summed E-state index contributed by atoms with van der Waals surface area (Å²) < 4.78 is 1.96. The van der Waals surface area contributed by atoms with Crippen molar-refractivity contribution in [3.63, 3.8) is 0 Å². The summed E-state index contributed by atoms with van der Waals surface area (Å²) in [6.45, 7) is 4.39. The number of aromatic nitrogens is 1. The maximum Gasteiger partial charge on any atom is 0.290 e. The number of nitrogens with zero attached hydrogens (tertiary/aromatic N) is 1. The van der Waals surface area contributed by atoms with Crippen LogP contribution in [0.25, 0.3) is 0 Å². The molecule has 0 fully saturated rings. The maximum absolute atomic E-state index is 12.1. The van der Waals surface area contributed by atoms with Gasteiger partial charge in [0.2, 0.25) is 6.54 Å². The number of benzene rings is 1. The number of carbonyl (C=O) groups excluding carboxylic acids is 1. The van der Waals surface area contributed by atoms with Gasteiger partial charge in [0.15, 0.2) is 11.9 Å². The van der Waals surface area contributed by atoms with Crippen LogP contribution in [-0.4, -0.2) is 5.91 Å². The van der Waals surface area contributed by atoms with E-state index in [0.717, 1.165) is 12.1 Å². The molecular weight excluding hydrogens is 272 g/mol. The van der Waals surface area contributed by atoms with Crippen molar-refractivity contribution >= 4 is 23.2 Å². The van der Waals surface area contributed by atoms with Crippen LogP contribution < -0.4 is 9.88 Å². The highest BCUT2D eigenvalue weighted by molar-refractivity contribution is 6.30. The number of hydrogen-bond donors (Lipinski definition) is 1. The highest BCUT2D eigenvalue weighted by atomic mass is 35.5. The molecule has 1 N–H and O–H groups in total. The Labute approximate surface area is 124 Å². The lowest BCUT2D eigenvalue weighted by atomic mass is 10.2. The van der Waals surface area contributed by atoms with Gasteiger partial charge in [-0.3, -0.25) is 4.79 Å². The quantitative estimate of drug-likeness (QED) is 0.862. The van der Waals surface area contributed by atoms with E-state index in [2.05, 4.69) is 18.3 Å². The van der Waals surface area contributed by atoms with Crippen LogP contribution in [-0.2, 0) is 17.8 Å². The molecule has 0 radical (unpaired) electrons. The third-order valence-electron chi connectivity index (χ3n) is 3.14. The lowest BCUT2D eigenvalue weighted by molar-refractivity contribution is -0.690. The number of carbonyl (C=O) groups is 1. The fourth-order valence-corrected chi connectivity index (χ4v) is 2.16. The second-order valence-electron chi connectivity index (χ2n) is 4.72. The van der Waals surface area contributed by atoms with Crippen molar-refractivity contribution in [1.82, 2.24) is 0 Å². The van der Waals surface area contributed by atoms with Crippen molar-refractivity contribution in [1.29, 1.82) is 0 Å². The normalized spacial score (nSPS) is 10.3. The van der Waals surface area contributed by atoms with E-state index in [0.29, 0.717) is 17.3 Å². The van der Waals surface area contributed by atoms with Gasteiger partial charge >= 0.3 is 0 Å². The third-order valence-corrected chi connectivity index (χ3v) is 3.38. The molecule has 0 aliphatic heterocycles. The Kier molecular flexibility index (Phi) is 4.74. The zero-order valence-corrected chi connectivity index (χ0v) is 12.4. The molecule has 0 saturated heterocycles. The van der Waals surface area contributed by atoms with Crippen molar-refractivity contribution in [3.8, 4) is 0 Å². The average molecular weight is 290 g/mol. The number of rotatable bonds is 4. The number of anilines is 1. The smallest absolute Gasteiger partial charge is 0.290 e. The van der Waals surface area contributed by atoms with Crippen LogP contribution in [0.4, 0.5) is 5.69 Å². The molecule has 20 heavy (non-hydrogen) atoms. The van der Waals surface area contributed by atoms with Crippen LogP contribution in [0.15, 0.2) is 42.6 Å². The van der Waals surface area contributed by atoms with Crippen molar-refractivity contribution < 1.29 is 9.36 Å². The Bertz CT molecular complexity index is 626. The molecule has 1 aromatic carbocycles. The number of halogens is 1. The molecule has 4 heteroatoms. The fraction of sp³-hybridized carbons (Fsp3) is 0.250. The maximum atomic E-state index is 12.1. The SMILES string of the molecule is CCc1ccc(C)[n+](CC(=O)Nc2cccc(Cl)c2)c1. The molecule has 2 rings (SSSR count). The van der Waals surface area contributed by atoms with Gasteiger partial charge in [-0.1, -0.05) is 24.6 Å². The number of hydrogen-bond acceptors (Lipinski definition) is 1. The average Bonchev–Trinajstić information content (AvgIpc) is 2.41. The first-order valence-corrected chi connectivity index (χ1v) is 7.00. The van der Waals surface area contributed by atoms with Crippen LogP contribution >= 0.6 is 11.6 Å². The molecule has 0 spiro atoms. The monoisotopic (exact) mass is 289 g/mol. The number of nitrogens with one attached hydrogen (secondary N) is 1. The Hall–Kier alpha value is -1.87. The first-order chi connectivity index (χ1) is 9.58. The molecule has 0 unspecified atom stereocenters. The zero-order valence-electron chi connectivity index (χ0n) is 11.7. The van der Waals surface area contributed by atoms with Crippen LogP contribution in [0.2, 0.25) is 5.02 Å². The molecule has 0 bridgehead atoms. The lowest BCUT2D eigenvalue weighted by Crippen LogP contribution is -2.43. The summed E-state index contributed by atoms with van der Waals surface area (Å²) >= 11 is 5.90. The van der Waals surface area contributed by atoms with Gasteiger partial charge in [-0.15, -0.1) is 0 Å². The van der Waals surface area contributed by atoms with E-state index in [1.54, 1.807) is 12.1 Å². The van der Waals surface area contributed by atoms with Crippen molar-refractivity contribution in [2.45, 2.75) is 26.8 Å². The predicted octanol–water partition coefficient (Wildman–Crippen LogP) is 3.14. The van der Waals surface area contributed by atoms with Crippen LogP contribution in [0.3, 0.4) is 0 Å². The fourth-order valence-electron chi connectivity index (χ4n) is 1.97. The highest BCUT2D eigenvalue weighted by Gasteiger charge is 2.13. The van der Waals surface area contributed by atoms with Gasteiger partial charge < -0.3 is 5.32 Å². The molecule has 1 aromatic heterocycles. The van der Waals surface area contributed by atoms with Gasteiger partial charge in [0.05, 0.1) is 0 Å². The summed E-state index contributed by atoms with van der Waals surface area (Å²) in [6, 6.07) is 11.3. The van der Waals surface area contributed by atoms with Gasteiger partial charge in [-0.05, 0) is 30.7 Å². The third kappa shape index (κ3) is 3.81. The molecular formula is C16H18ClN2O+. The van der Waals surface area contributed by atoms with Gasteiger partial charge in [0.25, 0.3) is 5.91 Å². The van der Waals surface area contributed by atoms with E-state index in [9.17, 15) is 4.79 Å². The minimum Gasteiger partial charge on any atom is -0.321 e. The molecule has 0 aliphatic carbocycles. The standard InChI is InChI=1S/C16H17ClN2O/c1-3-13-8-7-12(2)19(10-13)11-16(20)18-15-6-4-5-14(17)9-15/h4-10H,3,11H2,1-2H3/p+1. The predicted molar refractivity (Wildman–Crippen MR) is 80.8 cm³/mol. The lowest BCUT2D eigenvalue weighted by Gasteiger charge is -2.05. The van der Waals surface area contributed by atoms with Crippen LogP contribution in [0.5, 0.6) is 0 Å². The highest BCUT2D eigenvalue weighted by Crippen LogP contribution is 2.14. The van der Waals surface area contributed by atoms with Crippen molar-refractivity contribution in [2.24, 2.45) is 0 Å². The topological polar surface area (TPSA) is 33.0 Å². The molecule has 1 amide bonds. The summed E-state index contributed by atoms with van der Waals surface area (Å²) in [5, 5.41) is 3.46. The van der Waals surface area contributed by atoms with E-state index >= 15 is 0 Å². The van der Waals surface area contributed by atoms with E-state index in [4.69, 9.17) is 11.6 Å². The van der Waals surface area contributed by atoms with Crippen LogP contribution in [0, 0.1) is 6.92 Å². The first kappa shape index (κ1) is 14.5. The molecule has 104 valence electrons. The molecule has 3 nitrogen and oxygen atoms in total. The minimum absolute atomic E-state index is 0.0615. The van der Waals surface area contributed by atoms with Gasteiger partial charge in [0, 0.05) is 29.3 Å². The van der Waals surface area contributed by atoms with Crippen molar-refractivity contribution in [3.05, 3.63) is 58.9 Å². The van der Waals surface area contributed by atoms with E-state index in [-0.39, 0.29) is 5.91 Å². The molecule has 0 saturated carbocycles. The Morgan fingerprint density at radius 1 is 1.30 bits per heavy atom. The summed E-state index contributed by atoms with van der Waals surface area (Å²) in [7, 11) is 0. The van der Waals surface area contributed by atoms with E-state index in [1.165, 1.54) is 5.56 Å². The van der Waals surface area contributed by atoms with Crippen LogP contribution in [0.1, 0.15) is 18.2 Å². The van der Waals surface area contributed by atoms with Gasteiger partial charge in [-0.25, -0.2) is 0 Å². The van der Waals surface area contributed by atoms with E-state index in [1.807, 2.05) is 35.9 Å². The molecule has 0 atom stereocenters. The van der Waals surface area contributed by atoms with Gasteiger partial charge in [-0.2, -0.15) is 4.57 Å².